The van der Waals surface area contributed by atoms with E-state index in [1.807, 2.05) is 4.90 Å². The first kappa shape index (κ1) is 18.0. The molecule has 1 spiro atoms. The minimum Gasteiger partial charge on any atom is -0.335 e. The SMILES string of the molecule is Cc1c(C(=O)N2CC3(CCC3)C[C@H]2C)cnn1-c1ccc(C(F)(F)F)cn1. The van der Waals surface area contributed by atoms with Crippen LogP contribution in [0.4, 0.5) is 13.2 Å². The molecular weight excluding hydrogens is 357 g/mol. The Labute approximate surface area is 155 Å². The highest BCUT2D eigenvalue weighted by Crippen LogP contribution is 2.50. The maximum atomic E-state index is 13.0. The van der Waals surface area contributed by atoms with E-state index in [1.165, 1.54) is 36.2 Å². The smallest absolute Gasteiger partial charge is 0.335 e. The standard InChI is InChI=1S/C19H21F3N4O/c1-12-8-18(6-3-7-18)11-25(12)17(27)15-10-24-26(13(15)2)16-5-4-14(9-23-16)19(20,21)22/h4-5,9-10,12H,3,6-8,11H2,1-2H3/t12-/m1/s1. The van der Waals surface area contributed by atoms with Crippen LogP contribution in [0.5, 0.6) is 0 Å². The molecule has 2 aliphatic rings. The Bertz CT molecular complexity index is 868. The highest BCUT2D eigenvalue weighted by molar-refractivity contribution is 5.95. The molecule has 144 valence electrons. The Morgan fingerprint density at radius 2 is 2.00 bits per heavy atom. The molecule has 27 heavy (non-hydrogen) atoms. The van der Waals surface area contributed by atoms with Gasteiger partial charge in [0.15, 0.2) is 5.82 Å². The molecule has 5 nitrogen and oxygen atoms in total. The summed E-state index contributed by atoms with van der Waals surface area (Å²) in [6.07, 6.45) is 2.44. The molecule has 1 saturated carbocycles. The second kappa shape index (κ2) is 6.07. The number of carbonyl (C=O) groups excluding carboxylic acids is 1. The summed E-state index contributed by atoms with van der Waals surface area (Å²) in [5, 5.41) is 4.19. The van der Waals surface area contributed by atoms with Gasteiger partial charge in [0.05, 0.1) is 23.0 Å². The van der Waals surface area contributed by atoms with Gasteiger partial charge < -0.3 is 4.90 Å². The van der Waals surface area contributed by atoms with Crippen molar-refractivity contribution in [2.24, 2.45) is 5.41 Å². The fourth-order valence-corrected chi connectivity index (χ4v) is 4.31. The van der Waals surface area contributed by atoms with Crippen molar-refractivity contribution < 1.29 is 18.0 Å². The first-order valence-corrected chi connectivity index (χ1v) is 9.09. The zero-order valence-electron chi connectivity index (χ0n) is 15.3. The molecule has 0 bridgehead atoms. The lowest BCUT2D eigenvalue weighted by Crippen LogP contribution is -2.37. The van der Waals surface area contributed by atoms with Crippen molar-refractivity contribution in [1.29, 1.82) is 0 Å². The second-order valence-electron chi connectivity index (χ2n) is 7.80. The summed E-state index contributed by atoms with van der Waals surface area (Å²) in [6.45, 7) is 4.58. The number of pyridine rings is 1. The summed E-state index contributed by atoms with van der Waals surface area (Å²) in [5.41, 5.74) is 0.520. The van der Waals surface area contributed by atoms with E-state index in [2.05, 4.69) is 17.0 Å². The van der Waals surface area contributed by atoms with E-state index in [1.54, 1.807) is 6.92 Å². The number of rotatable bonds is 2. The first-order valence-electron chi connectivity index (χ1n) is 9.09. The van der Waals surface area contributed by atoms with Gasteiger partial charge in [-0.1, -0.05) is 6.42 Å². The fourth-order valence-electron chi connectivity index (χ4n) is 4.31. The number of aromatic nitrogens is 3. The highest BCUT2D eigenvalue weighted by Gasteiger charge is 2.47. The molecule has 4 rings (SSSR count). The molecule has 0 aromatic carbocycles. The molecule has 1 aliphatic carbocycles. The Morgan fingerprint density at radius 3 is 2.52 bits per heavy atom. The van der Waals surface area contributed by atoms with Crippen LogP contribution in [-0.4, -0.2) is 38.2 Å². The largest absolute Gasteiger partial charge is 0.417 e. The monoisotopic (exact) mass is 378 g/mol. The van der Waals surface area contributed by atoms with Gasteiger partial charge in [0.25, 0.3) is 5.91 Å². The summed E-state index contributed by atoms with van der Waals surface area (Å²) in [4.78, 5) is 18.8. The van der Waals surface area contributed by atoms with E-state index in [9.17, 15) is 18.0 Å². The Hall–Kier alpha value is -2.38. The quantitative estimate of drug-likeness (QED) is 0.794. The van der Waals surface area contributed by atoms with Crippen LogP contribution in [0.3, 0.4) is 0 Å². The number of carbonyl (C=O) groups is 1. The average Bonchev–Trinajstić information content (AvgIpc) is 3.14. The number of amides is 1. The van der Waals surface area contributed by atoms with Crippen molar-refractivity contribution >= 4 is 5.91 Å². The molecule has 2 aromatic rings. The molecule has 2 fully saturated rings. The zero-order valence-corrected chi connectivity index (χ0v) is 15.3. The third kappa shape index (κ3) is 3.00. The maximum Gasteiger partial charge on any atom is 0.417 e. The number of alkyl halides is 3. The number of halogens is 3. The van der Waals surface area contributed by atoms with Gasteiger partial charge >= 0.3 is 6.18 Å². The molecule has 1 saturated heterocycles. The lowest BCUT2D eigenvalue weighted by Gasteiger charge is -2.37. The predicted octanol–water partition coefficient (Wildman–Crippen LogP) is 4.00. The van der Waals surface area contributed by atoms with Crippen molar-refractivity contribution in [2.75, 3.05) is 6.54 Å². The summed E-state index contributed by atoms with van der Waals surface area (Å²) < 4.78 is 39.5. The lowest BCUT2D eigenvalue weighted by atomic mass is 9.68. The van der Waals surface area contributed by atoms with Gasteiger partial charge in [-0.25, -0.2) is 9.67 Å². The van der Waals surface area contributed by atoms with Crippen LogP contribution in [-0.2, 0) is 6.18 Å². The topological polar surface area (TPSA) is 51.0 Å². The first-order chi connectivity index (χ1) is 12.7. The van der Waals surface area contributed by atoms with Gasteiger partial charge in [-0.05, 0) is 50.7 Å². The van der Waals surface area contributed by atoms with E-state index in [0.717, 1.165) is 25.2 Å². The molecule has 3 heterocycles. The van der Waals surface area contributed by atoms with Crippen LogP contribution < -0.4 is 0 Å². The molecule has 8 heteroatoms. The normalized spacial score (nSPS) is 21.5. The number of nitrogens with zero attached hydrogens (tertiary/aromatic N) is 4. The van der Waals surface area contributed by atoms with E-state index in [-0.39, 0.29) is 23.2 Å². The second-order valence-corrected chi connectivity index (χ2v) is 7.80. The third-order valence-corrected chi connectivity index (χ3v) is 5.97. The minimum atomic E-state index is -4.44. The molecule has 0 N–H and O–H groups in total. The summed E-state index contributed by atoms with van der Waals surface area (Å²) in [5.74, 6) is 0.187. The van der Waals surface area contributed by atoms with Gasteiger partial charge in [-0.15, -0.1) is 0 Å². The highest BCUT2D eigenvalue weighted by atomic mass is 19.4. The van der Waals surface area contributed by atoms with E-state index in [0.29, 0.717) is 11.3 Å². The molecule has 1 atom stereocenters. The number of hydrogen-bond donors (Lipinski definition) is 0. The number of likely N-dealkylation sites (tertiary alicyclic amines) is 1. The van der Waals surface area contributed by atoms with Gasteiger partial charge in [-0.3, -0.25) is 4.79 Å². The molecule has 0 unspecified atom stereocenters. The van der Waals surface area contributed by atoms with Crippen LogP contribution >= 0.6 is 0 Å². The van der Waals surface area contributed by atoms with E-state index in [4.69, 9.17) is 0 Å². The zero-order chi connectivity index (χ0) is 19.4. The molecule has 2 aromatic heterocycles. The van der Waals surface area contributed by atoms with E-state index >= 15 is 0 Å². The summed E-state index contributed by atoms with van der Waals surface area (Å²) in [7, 11) is 0. The minimum absolute atomic E-state index is 0.0677. The van der Waals surface area contributed by atoms with Gasteiger partial charge in [0.2, 0.25) is 0 Å². The van der Waals surface area contributed by atoms with Crippen molar-refractivity contribution in [2.45, 2.75) is 51.7 Å². The van der Waals surface area contributed by atoms with Crippen molar-refractivity contribution in [3.8, 4) is 5.82 Å². The predicted molar refractivity (Wildman–Crippen MR) is 92.5 cm³/mol. The van der Waals surface area contributed by atoms with E-state index < -0.39 is 11.7 Å². The molecule has 1 aliphatic heterocycles. The molecule has 1 amide bonds. The molecular formula is C19H21F3N4O. The van der Waals surface area contributed by atoms with Gasteiger partial charge in [-0.2, -0.15) is 18.3 Å². The lowest BCUT2D eigenvalue weighted by molar-refractivity contribution is -0.137. The Kier molecular flexibility index (Phi) is 4.05. The van der Waals surface area contributed by atoms with Crippen molar-refractivity contribution in [3.63, 3.8) is 0 Å². The fraction of sp³-hybridized carbons (Fsp3) is 0.526. The van der Waals surface area contributed by atoms with Gasteiger partial charge in [0.1, 0.15) is 0 Å². The maximum absolute atomic E-state index is 13.0. The third-order valence-electron chi connectivity index (χ3n) is 5.97. The summed E-state index contributed by atoms with van der Waals surface area (Å²) in [6, 6.07) is 2.41. The van der Waals surface area contributed by atoms with Crippen LogP contribution in [0.2, 0.25) is 0 Å². The van der Waals surface area contributed by atoms with Crippen LogP contribution in [0.15, 0.2) is 24.5 Å². The molecule has 0 radical (unpaired) electrons. The average molecular weight is 378 g/mol. The number of hydrogen-bond acceptors (Lipinski definition) is 3. The van der Waals surface area contributed by atoms with Crippen LogP contribution in [0.25, 0.3) is 5.82 Å². The van der Waals surface area contributed by atoms with Crippen molar-refractivity contribution in [3.05, 3.63) is 41.3 Å². The summed E-state index contributed by atoms with van der Waals surface area (Å²) >= 11 is 0. The van der Waals surface area contributed by atoms with Crippen molar-refractivity contribution in [1.82, 2.24) is 19.7 Å². The Morgan fingerprint density at radius 1 is 1.26 bits per heavy atom. The van der Waals surface area contributed by atoms with Crippen LogP contribution in [0.1, 0.15) is 54.2 Å². The Balaban J connectivity index is 1.58. The van der Waals surface area contributed by atoms with Crippen LogP contribution in [0, 0.1) is 12.3 Å². The van der Waals surface area contributed by atoms with Gasteiger partial charge in [0, 0.05) is 18.8 Å².